The Morgan fingerprint density at radius 3 is 2.58 bits per heavy atom. The first-order valence-electron chi connectivity index (χ1n) is 8.60. The summed E-state index contributed by atoms with van der Waals surface area (Å²) in [4.78, 5) is 24.9. The summed E-state index contributed by atoms with van der Waals surface area (Å²) in [5.74, 6) is 0.750. The molecule has 0 bridgehead atoms. The second-order valence-electron chi connectivity index (χ2n) is 6.38. The highest BCUT2D eigenvalue weighted by Crippen LogP contribution is 2.22. The van der Waals surface area contributed by atoms with Crippen molar-refractivity contribution in [1.82, 2.24) is 20.0 Å². The number of nitro groups is 1. The molecule has 0 atom stereocenters. The minimum Gasteiger partial charge on any atom is -0.343 e. The zero-order valence-corrected chi connectivity index (χ0v) is 14.7. The smallest absolute Gasteiger partial charge is 0.312 e. The normalized spacial score (nSPS) is 15.7. The Hall–Kier alpha value is -1.96. The molecule has 1 aromatic rings. The molecular formula is C16H27N5O3. The first kappa shape index (κ1) is 18.4. The summed E-state index contributed by atoms with van der Waals surface area (Å²) in [7, 11) is 0. The molecule has 1 aliphatic heterocycles. The van der Waals surface area contributed by atoms with Gasteiger partial charge in [-0.15, -0.1) is 0 Å². The van der Waals surface area contributed by atoms with Gasteiger partial charge in [-0.1, -0.05) is 6.92 Å². The first-order valence-corrected chi connectivity index (χ1v) is 8.60. The molecule has 1 fully saturated rings. The maximum absolute atomic E-state index is 12.4. The monoisotopic (exact) mass is 337 g/mol. The summed E-state index contributed by atoms with van der Waals surface area (Å²) >= 11 is 0. The molecule has 1 amide bonds. The molecule has 8 nitrogen and oxygen atoms in total. The van der Waals surface area contributed by atoms with Gasteiger partial charge in [0.05, 0.1) is 11.5 Å². The Labute approximate surface area is 142 Å². The number of aryl methyl sites for hydroxylation is 2. The van der Waals surface area contributed by atoms with E-state index >= 15 is 0 Å². The van der Waals surface area contributed by atoms with Crippen LogP contribution in [-0.4, -0.2) is 51.7 Å². The molecule has 1 aliphatic rings. The number of hydrogen-bond donors (Lipinski definition) is 1. The van der Waals surface area contributed by atoms with Crippen molar-refractivity contribution < 1.29 is 9.72 Å². The number of piperidine rings is 1. The Bertz CT molecular complexity index is 591. The van der Waals surface area contributed by atoms with Crippen LogP contribution >= 0.6 is 0 Å². The number of aromatic nitrogens is 2. The van der Waals surface area contributed by atoms with Gasteiger partial charge in [-0.2, -0.15) is 5.10 Å². The van der Waals surface area contributed by atoms with Crippen LogP contribution in [0.3, 0.4) is 0 Å². The van der Waals surface area contributed by atoms with E-state index in [0.29, 0.717) is 30.3 Å². The molecule has 2 heterocycles. The lowest BCUT2D eigenvalue weighted by molar-refractivity contribution is -0.386. The number of nitrogens with zero attached hydrogens (tertiary/aromatic N) is 4. The molecule has 8 heteroatoms. The molecule has 0 aliphatic carbocycles. The number of likely N-dealkylation sites (tertiary alicyclic amines) is 1. The predicted octanol–water partition coefficient (Wildman–Crippen LogP) is 1.65. The van der Waals surface area contributed by atoms with E-state index in [4.69, 9.17) is 0 Å². The minimum absolute atomic E-state index is 0.0479. The lowest BCUT2D eigenvalue weighted by Gasteiger charge is -2.32. The molecule has 0 unspecified atom stereocenters. The molecule has 0 spiro atoms. The van der Waals surface area contributed by atoms with Gasteiger partial charge in [0.2, 0.25) is 5.91 Å². The summed E-state index contributed by atoms with van der Waals surface area (Å²) in [6.07, 6.45) is 2.39. The fourth-order valence-electron chi connectivity index (χ4n) is 3.26. The van der Waals surface area contributed by atoms with Crippen molar-refractivity contribution in [3.05, 3.63) is 21.5 Å². The van der Waals surface area contributed by atoms with Gasteiger partial charge in [0.1, 0.15) is 11.4 Å². The molecular weight excluding hydrogens is 310 g/mol. The Morgan fingerprint density at radius 1 is 1.38 bits per heavy atom. The van der Waals surface area contributed by atoms with E-state index in [9.17, 15) is 14.9 Å². The number of carbonyl (C=O) groups excluding carboxylic acids is 1. The van der Waals surface area contributed by atoms with Gasteiger partial charge in [-0.3, -0.25) is 19.6 Å². The van der Waals surface area contributed by atoms with Crippen LogP contribution in [0.25, 0.3) is 0 Å². The largest absolute Gasteiger partial charge is 0.343 e. The van der Waals surface area contributed by atoms with E-state index < -0.39 is 4.92 Å². The van der Waals surface area contributed by atoms with Crippen LogP contribution < -0.4 is 5.32 Å². The van der Waals surface area contributed by atoms with Crippen LogP contribution in [0, 0.1) is 29.9 Å². The molecule has 2 rings (SSSR count). The van der Waals surface area contributed by atoms with Crippen molar-refractivity contribution in [3.63, 3.8) is 0 Å². The van der Waals surface area contributed by atoms with Crippen LogP contribution in [0.4, 0.5) is 5.69 Å². The van der Waals surface area contributed by atoms with Crippen molar-refractivity contribution in [2.45, 2.75) is 46.6 Å². The van der Waals surface area contributed by atoms with Crippen molar-refractivity contribution in [1.29, 1.82) is 0 Å². The second-order valence-corrected chi connectivity index (χ2v) is 6.38. The van der Waals surface area contributed by atoms with Crippen LogP contribution in [-0.2, 0) is 11.3 Å². The fraction of sp³-hybridized carbons (Fsp3) is 0.750. The highest BCUT2D eigenvalue weighted by molar-refractivity contribution is 5.76. The van der Waals surface area contributed by atoms with E-state index in [2.05, 4.69) is 17.3 Å². The lowest BCUT2D eigenvalue weighted by atomic mass is 9.96. The molecule has 134 valence electrons. The van der Waals surface area contributed by atoms with Gasteiger partial charge in [0, 0.05) is 19.5 Å². The zero-order valence-electron chi connectivity index (χ0n) is 14.7. The third-order valence-electron chi connectivity index (χ3n) is 4.71. The average Bonchev–Trinajstić information content (AvgIpc) is 2.85. The topological polar surface area (TPSA) is 93.3 Å². The molecule has 0 aromatic carbocycles. The highest BCUT2D eigenvalue weighted by Gasteiger charge is 2.24. The van der Waals surface area contributed by atoms with Crippen molar-refractivity contribution >= 4 is 11.6 Å². The van der Waals surface area contributed by atoms with Gasteiger partial charge in [0.25, 0.3) is 0 Å². The second kappa shape index (κ2) is 8.23. The quantitative estimate of drug-likeness (QED) is 0.603. The van der Waals surface area contributed by atoms with Gasteiger partial charge in [0.15, 0.2) is 0 Å². The molecule has 0 radical (unpaired) electrons. The third-order valence-corrected chi connectivity index (χ3v) is 4.71. The van der Waals surface area contributed by atoms with Gasteiger partial charge >= 0.3 is 5.69 Å². The molecule has 0 saturated carbocycles. The molecule has 1 saturated heterocycles. The van der Waals surface area contributed by atoms with E-state index in [1.54, 1.807) is 18.5 Å². The van der Waals surface area contributed by atoms with E-state index in [1.165, 1.54) is 0 Å². The first-order chi connectivity index (χ1) is 11.4. The maximum Gasteiger partial charge on any atom is 0.312 e. The Balaban J connectivity index is 1.84. The van der Waals surface area contributed by atoms with E-state index in [0.717, 1.165) is 39.0 Å². The van der Waals surface area contributed by atoms with E-state index in [1.807, 2.05) is 4.90 Å². The zero-order chi connectivity index (χ0) is 17.7. The summed E-state index contributed by atoms with van der Waals surface area (Å²) in [6, 6.07) is 0. The number of rotatable bonds is 7. The number of amides is 1. The third kappa shape index (κ3) is 4.31. The summed E-state index contributed by atoms with van der Waals surface area (Å²) in [5.41, 5.74) is 0.954. The maximum atomic E-state index is 12.4. The number of nitrogens with one attached hydrogen (secondary N) is 1. The van der Waals surface area contributed by atoms with Gasteiger partial charge in [-0.05, 0) is 45.7 Å². The minimum atomic E-state index is -0.412. The highest BCUT2D eigenvalue weighted by atomic mass is 16.6. The van der Waals surface area contributed by atoms with Crippen LogP contribution in [0.5, 0.6) is 0 Å². The summed E-state index contributed by atoms with van der Waals surface area (Å²) < 4.78 is 1.57. The molecule has 1 aromatic heterocycles. The predicted molar refractivity (Wildman–Crippen MR) is 90.8 cm³/mol. The van der Waals surface area contributed by atoms with Crippen molar-refractivity contribution in [2.75, 3.05) is 26.2 Å². The SMILES string of the molecule is CCNCC1CCN(C(=O)CCn2nc(C)c([N+](=O)[O-])c2C)CC1. The van der Waals surface area contributed by atoms with Crippen molar-refractivity contribution in [3.8, 4) is 0 Å². The van der Waals surface area contributed by atoms with Crippen LogP contribution in [0.15, 0.2) is 0 Å². The van der Waals surface area contributed by atoms with Crippen LogP contribution in [0.2, 0.25) is 0 Å². The average molecular weight is 337 g/mol. The summed E-state index contributed by atoms with van der Waals surface area (Å²) in [5, 5.41) is 18.6. The molecule has 1 N–H and O–H groups in total. The summed E-state index contributed by atoms with van der Waals surface area (Å²) in [6.45, 7) is 9.38. The van der Waals surface area contributed by atoms with E-state index in [-0.39, 0.29) is 11.6 Å². The Kier molecular flexibility index (Phi) is 6.30. The van der Waals surface area contributed by atoms with Gasteiger partial charge in [-0.25, -0.2) is 0 Å². The lowest BCUT2D eigenvalue weighted by Crippen LogP contribution is -2.41. The fourth-order valence-corrected chi connectivity index (χ4v) is 3.26. The van der Waals surface area contributed by atoms with Crippen LogP contribution in [0.1, 0.15) is 37.6 Å². The molecule has 24 heavy (non-hydrogen) atoms. The van der Waals surface area contributed by atoms with Gasteiger partial charge < -0.3 is 10.2 Å². The van der Waals surface area contributed by atoms with Crippen molar-refractivity contribution in [2.24, 2.45) is 5.92 Å². The Morgan fingerprint density at radius 2 is 2.04 bits per heavy atom. The number of hydrogen-bond acceptors (Lipinski definition) is 5. The number of carbonyl (C=O) groups is 1. The standard InChI is InChI=1S/C16H27N5O3/c1-4-17-11-14-5-8-19(9-6-14)15(22)7-10-20-13(3)16(21(23)24)12(2)18-20/h14,17H,4-11H2,1-3H3.